The zero-order valence-corrected chi connectivity index (χ0v) is 9.90. The van der Waals surface area contributed by atoms with Crippen molar-refractivity contribution in [3.63, 3.8) is 0 Å². The van der Waals surface area contributed by atoms with Crippen molar-refractivity contribution < 1.29 is 4.74 Å². The maximum Gasteiger partial charge on any atom is 0.0530 e. The van der Waals surface area contributed by atoms with Crippen molar-refractivity contribution in [2.24, 2.45) is 0 Å². The van der Waals surface area contributed by atoms with E-state index in [1.807, 2.05) is 12.1 Å². The molecule has 0 aliphatic heterocycles. The van der Waals surface area contributed by atoms with E-state index in [1.165, 1.54) is 0 Å². The highest BCUT2D eigenvalue weighted by atomic mass is 35.5. The fourth-order valence-corrected chi connectivity index (χ4v) is 2.00. The topological polar surface area (TPSA) is 9.23 Å². The van der Waals surface area contributed by atoms with Crippen LogP contribution >= 0.6 is 23.2 Å². The van der Waals surface area contributed by atoms with Gasteiger partial charge < -0.3 is 4.74 Å². The summed E-state index contributed by atoms with van der Waals surface area (Å²) < 4.78 is 5.14. The Bertz CT molecular complexity index is 279. The molecular weight excluding hydrogens is 219 g/mol. The molecule has 1 atom stereocenters. The Hall–Kier alpha value is -0.240. The van der Waals surface area contributed by atoms with Gasteiger partial charge in [-0.3, -0.25) is 0 Å². The van der Waals surface area contributed by atoms with Crippen LogP contribution in [0.25, 0.3) is 0 Å². The minimum atomic E-state index is 0.371. The molecule has 1 rings (SSSR count). The van der Waals surface area contributed by atoms with E-state index in [2.05, 4.69) is 6.92 Å². The number of hydrogen-bond acceptors (Lipinski definition) is 1. The molecule has 0 aromatic heterocycles. The standard InChI is InChI=1S/C11H14Cl2O/c1-3-8(7-14-2)9-4-10(12)6-11(13)5-9/h4-6,8H,3,7H2,1-2H3/t8-/m0/s1. The van der Waals surface area contributed by atoms with E-state index in [1.54, 1.807) is 13.2 Å². The Morgan fingerprint density at radius 2 is 1.79 bits per heavy atom. The molecule has 0 heterocycles. The molecule has 0 saturated carbocycles. The molecule has 1 aromatic rings. The highest BCUT2D eigenvalue weighted by molar-refractivity contribution is 6.34. The van der Waals surface area contributed by atoms with Gasteiger partial charge in [0.15, 0.2) is 0 Å². The third kappa shape index (κ3) is 3.16. The first kappa shape index (κ1) is 11.8. The van der Waals surface area contributed by atoms with Crippen molar-refractivity contribution in [3.05, 3.63) is 33.8 Å². The summed E-state index contributed by atoms with van der Waals surface area (Å²) in [5.41, 5.74) is 1.15. The second-order valence-corrected chi connectivity index (χ2v) is 4.14. The smallest absolute Gasteiger partial charge is 0.0530 e. The van der Waals surface area contributed by atoms with Crippen LogP contribution in [0, 0.1) is 0 Å². The second-order valence-electron chi connectivity index (χ2n) is 3.26. The van der Waals surface area contributed by atoms with Crippen molar-refractivity contribution in [2.45, 2.75) is 19.3 Å². The maximum atomic E-state index is 5.93. The third-order valence-corrected chi connectivity index (χ3v) is 2.65. The molecule has 3 heteroatoms. The molecule has 0 amide bonds. The predicted octanol–water partition coefficient (Wildman–Crippen LogP) is 4.13. The van der Waals surface area contributed by atoms with Gasteiger partial charge in [-0.15, -0.1) is 0 Å². The number of benzene rings is 1. The van der Waals surface area contributed by atoms with Crippen LogP contribution in [-0.4, -0.2) is 13.7 Å². The van der Waals surface area contributed by atoms with Crippen molar-refractivity contribution in [3.8, 4) is 0 Å². The van der Waals surface area contributed by atoms with Gasteiger partial charge in [0.05, 0.1) is 6.61 Å². The minimum absolute atomic E-state index is 0.371. The monoisotopic (exact) mass is 232 g/mol. The van der Waals surface area contributed by atoms with Gasteiger partial charge in [-0.1, -0.05) is 30.1 Å². The van der Waals surface area contributed by atoms with Gasteiger partial charge in [-0.2, -0.15) is 0 Å². The van der Waals surface area contributed by atoms with Crippen LogP contribution in [0.1, 0.15) is 24.8 Å². The Morgan fingerprint density at radius 3 is 2.21 bits per heavy atom. The molecule has 0 fully saturated rings. The molecule has 1 nitrogen and oxygen atoms in total. The first-order chi connectivity index (χ1) is 6.67. The fraction of sp³-hybridized carbons (Fsp3) is 0.455. The number of rotatable bonds is 4. The van der Waals surface area contributed by atoms with Gasteiger partial charge in [0, 0.05) is 23.1 Å². The Balaban J connectivity index is 2.91. The Morgan fingerprint density at radius 1 is 1.21 bits per heavy atom. The van der Waals surface area contributed by atoms with Gasteiger partial charge >= 0.3 is 0 Å². The summed E-state index contributed by atoms with van der Waals surface area (Å²) in [5.74, 6) is 0.371. The second kappa shape index (κ2) is 5.59. The van der Waals surface area contributed by atoms with Gasteiger partial charge in [0.2, 0.25) is 0 Å². The van der Waals surface area contributed by atoms with E-state index in [4.69, 9.17) is 27.9 Å². The van der Waals surface area contributed by atoms with Crippen LogP contribution in [0.2, 0.25) is 10.0 Å². The molecule has 0 aliphatic rings. The maximum absolute atomic E-state index is 5.93. The summed E-state index contributed by atoms with van der Waals surface area (Å²) in [6.07, 6.45) is 1.02. The van der Waals surface area contributed by atoms with Crippen LogP contribution in [-0.2, 0) is 4.74 Å². The fourth-order valence-electron chi connectivity index (χ4n) is 1.46. The van der Waals surface area contributed by atoms with E-state index in [-0.39, 0.29) is 0 Å². The summed E-state index contributed by atoms with van der Waals surface area (Å²) in [5, 5.41) is 1.36. The van der Waals surface area contributed by atoms with Crippen molar-refractivity contribution in [1.29, 1.82) is 0 Å². The summed E-state index contributed by atoms with van der Waals surface area (Å²) in [6.45, 7) is 2.83. The predicted molar refractivity (Wildman–Crippen MR) is 61.4 cm³/mol. The average Bonchev–Trinajstić information content (AvgIpc) is 2.12. The lowest BCUT2D eigenvalue weighted by atomic mass is 9.97. The Labute approximate surface area is 95.0 Å². The van der Waals surface area contributed by atoms with Crippen molar-refractivity contribution in [2.75, 3.05) is 13.7 Å². The largest absolute Gasteiger partial charge is 0.384 e. The average molecular weight is 233 g/mol. The molecule has 0 saturated heterocycles. The SMILES string of the molecule is CC[C@@H](COC)c1cc(Cl)cc(Cl)c1. The Kier molecular flexibility index (Phi) is 4.73. The van der Waals surface area contributed by atoms with Crippen LogP contribution in [0.4, 0.5) is 0 Å². The molecule has 0 N–H and O–H groups in total. The van der Waals surface area contributed by atoms with E-state index >= 15 is 0 Å². The number of hydrogen-bond donors (Lipinski definition) is 0. The number of methoxy groups -OCH3 is 1. The number of halogens is 2. The molecule has 1 aromatic carbocycles. The molecule has 0 aliphatic carbocycles. The quantitative estimate of drug-likeness (QED) is 0.759. The summed E-state index contributed by atoms with van der Waals surface area (Å²) >= 11 is 11.9. The lowest BCUT2D eigenvalue weighted by molar-refractivity contribution is 0.177. The number of ether oxygens (including phenoxy) is 1. The normalized spacial score (nSPS) is 12.9. The van der Waals surface area contributed by atoms with Crippen molar-refractivity contribution >= 4 is 23.2 Å². The summed E-state index contributed by atoms with van der Waals surface area (Å²) in [7, 11) is 1.70. The van der Waals surface area contributed by atoms with Crippen LogP contribution in [0.3, 0.4) is 0 Å². The van der Waals surface area contributed by atoms with Crippen LogP contribution < -0.4 is 0 Å². The zero-order valence-electron chi connectivity index (χ0n) is 8.39. The molecule has 0 unspecified atom stereocenters. The minimum Gasteiger partial charge on any atom is -0.384 e. The van der Waals surface area contributed by atoms with Crippen molar-refractivity contribution in [1.82, 2.24) is 0 Å². The van der Waals surface area contributed by atoms with Gasteiger partial charge in [-0.25, -0.2) is 0 Å². The highest BCUT2D eigenvalue weighted by Gasteiger charge is 2.10. The van der Waals surface area contributed by atoms with E-state index in [0.29, 0.717) is 22.6 Å². The van der Waals surface area contributed by atoms with Gasteiger partial charge in [0.1, 0.15) is 0 Å². The molecule has 78 valence electrons. The third-order valence-electron chi connectivity index (χ3n) is 2.22. The zero-order chi connectivity index (χ0) is 10.6. The first-order valence-electron chi connectivity index (χ1n) is 4.62. The van der Waals surface area contributed by atoms with E-state index < -0.39 is 0 Å². The molecule has 0 radical (unpaired) electrons. The molecule has 0 bridgehead atoms. The highest BCUT2D eigenvalue weighted by Crippen LogP contribution is 2.26. The molecular formula is C11H14Cl2O. The summed E-state index contributed by atoms with van der Waals surface area (Å²) in [4.78, 5) is 0. The van der Waals surface area contributed by atoms with E-state index in [0.717, 1.165) is 12.0 Å². The van der Waals surface area contributed by atoms with Crippen LogP contribution in [0.5, 0.6) is 0 Å². The molecule has 14 heavy (non-hydrogen) atoms. The summed E-state index contributed by atoms with van der Waals surface area (Å²) in [6, 6.07) is 5.63. The molecule has 0 spiro atoms. The lowest BCUT2D eigenvalue weighted by Gasteiger charge is -2.14. The van der Waals surface area contributed by atoms with Crippen LogP contribution in [0.15, 0.2) is 18.2 Å². The lowest BCUT2D eigenvalue weighted by Crippen LogP contribution is -2.04. The van der Waals surface area contributed by atoms with E-state index in [9.17, 15) is 0 Å². The van der Waals surface area contributed by atoms with Gasteiger partial charge in [0.25, 0.3) is 0 Å². The van der Waals surface area contributed by atoms with Gasteiger partial charge in [-0.05, 0) is 30.2 Å². The first-order valence-corrected chi connectivity index (χ1v) is 5.38.